The second-order valence-corrected chi connectivity index (χ2v) is 5.01. The van der Waals surface area contributed by atoms with Crippen LogP contribution in [0.15, 0.2) is 23.6 Å². The van der Waals surface area contributed by atoms with Gasteiger partial charge in [-0.1, -0.05) is 11.6 Å². The molecule has 7 heteroatoms. The van der Waals surface area contributed by atoms with Crippen LogP contribution in [0.1, 0.15) is 10.7 Å². The fourth-order valence-electron chi connectivity index (χ4n) is 1.42. The van der Waals surface area contributed by atoms with Gasteiger partial charge in [0.25, 0.3) is 5.69 Å². The van der Waals surface area contributed by atoms with Crippen LogP contribution < -0.4 is 5.32 Å². The van der Waals surface area contributed by atoms with E-state index in [9.17, 15) is 10.1 Å². The van der Waals surface area contributed by atoms with E-state index in [4.69, 9.17) is 11.6 Å². The lowest BCUT2D eigenvalue weighted by molar-refractivity contribution is -0.384. The lowest BCUT2D eigenvalue weighted by atomic mass is 10.3. The van der Waals surface area contributed by atoms with Gasteiger partial charge < -0.3 is 5.32 Å². The molecule has 1 aromatic heterocycles. The van der Waals surface area contributed by atoms with Crippen LogP contribution in [0.4, 0.5) is 11.4 Å². The number of nitrogens with one attached hydrogen (secondary N) is 1. The highest BCUT2D eigenvalue weighted by atomic mass is 35.5. The number of nitro groups is 1. The van der Waals surface area contributed by atoms with E-state index in [0.717, 1.165) is 10.7 Å². The summed E-state index contributed by atoms with van der Waals surface area (Å²) in [6, 6.07) is 4.35. The molecule has 0 atom stereocenters. The smallest absolute Gasteiger partial charge is 0.271 e. The molecule has 0 saturated carbocycles. The van der Waals surface area contributed by atoms with Crippen LogP contribution in [0.2, 0.25) is 5.02 Å². The lowest BCUT2D eigenvalue weighted by Gasteiger charge is -2.06. The average molecular weight is 284 g/mol. The highest BCUT2D eigenvalue weighted by Gasteiger charge is 2.09. The average Bonchev–Trinajstić information content (AvgIpc) is 2.73. The minimum absolute atomic E-state index is 0.0179. The minimum Gasteiger partial charge on any atom is -0.377 e. The summed E-state index contributed by atoms with van der Waals surface area (Å²) >= 11 is 7.52. The summed E-state index contributed by atoms with van der Waals surface area (Å²) in [6.45, 7) is 2.48. The molecule has 0 aliphatic rings. The van der Waals surface area contributed by atoms with Crippen LogP contribution in [0, 0.1) is 17.0 Å². The number of anilines is 1. The van der Waals surface area contributed by atoms with E-state index in [1.54, 1.807) is 17.4 Å². The van der Waals surface area contributed by atoms with Crippen molar-refractivity contribution in [3.63, 3.8) is 0 Å². The third-order valence-electron chi connectivity index (χ3n) is 2.26. The van der Waals surface area contributed by atoms with Gasteiger partial charge in [-0.25, -0.2) is 4.98 Å². The van der Waals surface area contributed by atoms with Crippen LogP contribution in [0.3, 0.4) is 0 Å². The predicted octanol–water partition coefficient (Wildman–Crippen LogP) is 3.63. The highest BCUT2D eigenvalue weighted by Crippen LogP contribution is 2.27. The van der Waals surface area contributed by atoms with Gasteiger partial charge in [0, 0.05) is 23.2 Å². The number of nitrogens with zero attached hydrogens (tertiary/aromatic N) is 2. The van der Waals surface area contributed by atoms with Gasteiger partial charge in [0.05, 0.1) is 22.2 Å². The van der Waals surface area contributed by atoms with Crippen LogP contribution in [-0.2, 0) is 6.54 Å². The quantitative estimate of drug-likeness (QED) is 0.687. The van der Waals surface area contributed by atoms with Crippen LogP contribution in [-0.4, -0.2) is 9.91 Å². The van der Waals surface area contributed by atoms with Crippen molar-refractivity contribution in [2.75, 3.05) is 5.32 Å². The largest absolute Gasteiger partial charge is 0.377 e. The fraction of sp³-hybridized carbons (Fsp3) is 0.182. The maximum absolute atomic E-state index is 10.6. The van der Waals surface area contributed by atoms with Gasteiger partial charge in [0.1, 0.15) is 5.01 Å². The molecule has 5 nitrogen and oxygen atoms in total. The Labute approximate surface area is 113 Å². The van der Waals surface area contributed by atoms with Gasteiger partial charge in [-0.2, -0.15) is 0 Å². The van der Waals surface area contributed by atoms with Crippen LogP contribution in [0.5, 0.6) is 0 Å². The van der Waals surface area contributed by atoms with E-state index in [1.807, 2.05) is 12.3 Å². The second kappa shape index (κ2) is 5.32. The molecular weight excluding hydrogens is 274 g/mol. The number of nitro benzene ring substituents is 1. The number of non-ortho nitro benzene ring substituents is 1. The molecule has 0 bridgehead atoms. The first-order valence-corrected chi connectivity index (χ1v) is 6.41. The number of benzene rings is 1. The first-order chi connectivity index (χ1) is 8.56. The molecule has 2 aromatic rings. The highest BCUT2D eigenvalue weighted by molar-refractivity contribution is 7.09. The predicted molar refractivity (Wildman–Crippen MR) is 72.3 cm³/mol. The van der Waals surface area contributed by atoms with Gasteiger partial charge in [0.15, 0.2) is 0 Å². The number of rotatable bonds is 4. The van der Waals surface area contributed by atoms with Crippen molar-refractivity contribution in [2.24, 2.45) is 0 Å². The van der Waals surface area contributed by atoms with Gasteiger partial charge in [-0.15, -0.1) is 11.3 Å². The number of aryl methyl sites for hydroxylation is 1. The maximum Gasteiger partial charge on any atom is 0.271 e. The van der Waals surface area contributed by atoms with Gasteiger partial charge in [-0.3, -0.25) is 10.1 Å². The normalized spacial score (nSPS) is 10.3. The molecule has 1 N–H and O–H groups in total. The van der Waals surface area contributed by atoms with Crippen molar-refractivity contribution in [3.05, 3.63) is 49.4 Å². The van der Waals surface area contributed by atoms with Crippen molar-refractivity contribution in [2.45, 2.75) is 13.5 Å². The van der Waals surface area contributed by atoms with Gasteiger partial charge in [0.2, 0.25) is 0 Å². The first-order valence-electron chi connectivity index (χ1n) is 5.15. The monoisotopic (exact) mass is 283 g/mol. The third kappa shape index (κ3) is 2.96. The lowest BCUT2D eigenvalue weighted by Crippen LogP contribution is -2.00. The number of hydrogen-bond donors (Lipinski definition) is 1. The second-order valence-electron chi connectivity index (χ2n) is 3.66. The fourth-order valence-corrected chi connectivity index (χ4v) is 2.37. The summed E-state index contributed by atoms with van der Waals surface area (Å²) in [5, 5.41) is 16.9. The van der Waals surface area contributed by atoms with E-state index >= 15 is 0 Å². The zero-order valence-corrected chi connectivity index (χ0v) is 11.1. The molecule has 0 radical (unpaired) electrons. The van der Waals surface area contributed by atoms with Crippen molar-refractivity contribution in [1.29, 1.82) is 0 Å². The Balaban J connectivity index is 2.08. The summed E-state index contributed by atoms with van der Waals surface area (Å²) < 4.78 is 0. The molecular formula is C11H10ClN3O2S. The summed E-state index contributed by atoms with van der Waals surface area (Å²) in [5.41, 5.74) is 1.62. The van der Waals surface area contributed by atoms with Crippen molar-refractivity contribution in [3.8, 4) is 0 Å². The van der Waals surface area contributed by atoms with Crippen molar-refractivity contribution in [1.82, 2.24) is 4.98 Å². The topological polar surface area (TPSA) is 68.1 Å². The number of thiazole rings is 1. The molecule has 0 saturated heterocycles. The minimum atomic E-state index is -0.472. The number of hydrogen-bond acceptors (Lipinski definition) is 5. The Bertz CT molecular complexity index is 585. The van der Waals surface area contributed by atoms with Crippen molar-refractivity contribution >= 4 is 34.3 Å². The molecule has 0 aliphatic heterocycles. The molecule has 1 aromatic carbocycles. The third-order valence-corrected chi connectivity index (χ3v) is 3.54. The Hall–Kier alpha value is -1.66. The zero-order valence-electron chi connectivity index (χ0n) is 9.51. The molecule has 94 valence electrons. The Morgan fingerprint density at radius 1 is 1.56 bits per heavy atom. The van der Waals surface area contributed by atoms with E-state index in [2.05, 4.69) is 10.3 Å². The first kappa shape index (κ1) is 12.8. The Kier molecular flexibility index (Phi) is 3.78. The summed E-state index contributed by atoms with van der Waals surface area (Å²) in [6.07, 6.45) is 0. The van der Waals surface area contributed by atoms with E-state index in [0.29, 0.717) is 17.3 Å². The Morgan fingerprint density at radius 3 is 2.89 bits per heavy atom. The van der Waals surface area contributed by atoms with E-state index in [-0.39, 0.29) is 5.69 Å². The summed E-state index contributed by atoms with van der Waals surface area (Å²) in [7, 11) is 0. The molecule has 18 heavy (non-hydrogen) atoms. The molecule has 1 heterocycles. The SMILES string of the molecule is Cc1csc(CNc2ccc([N+](=O)[O-])cc2Cl)n1. The zero-order chi connectivity index (χ0) is 13.1. The molecule has 0 fully saturated rings. The molecule has 2 rings (SSSR count). The summed E-state index contributed by atoms with van der Waals surface area (Å²) in [4.78, 5) is 14.4. The standard InChI is InChI=1S/C11H10ClN3O2S/c1-7-6-18-11(14-7)5-13-10-3-2-8(15(16)17)4-9(10)12/h2-4,6,13H,5H2,1H3. The van der Waals surface area contributed by atoms with E-state index in [1.165, 1.54) is 12.1 Å². The number of aromatic nitrogens is 1. The molecule has 0 aliphatic carbocycles. The molecule has 0 amide bonds. The van der Waals surface area contributed by atoms with Crippen LogP contribution in [0.25, 0.3) is 0 Å². The maximum atomic E-state index is 10.6. The number of halogens is 1. The van der Waals surface area contributed by atoms with Crippen LogP contribution >= 0.6 is 22.9 Å². The summed E-state index contributed by atoms with van der Waals surface area (Å²) in [5.74, 6) is 0. The van der Waals surface area contributed by atoms with E-state index < -0.39 is 4.92 Å². The Morgan fingerprint density at radius 2 is 2.33 bits per heavy atom. The van der Waals surface area contributed by atoms with Crippen molar-refractivity contribution < 1.29 is 4.92 Å². The molecule has 0 unspecified atom stereocenters. The van der Waals surface area contributed by atoms with Gasteiger partial charge >= 0.3 is 0 Å². The molecule has 0 spiro atoms. The van der Waals surface area contributed by atoms with Gasteiger partial charge in [-0.05, 0) is 13.0 Å².